The number of pyridine rings is 3. The normalized spacial score (nSPS) is 22.1. The van der Waals surface area contributed by atoms with E-state index in [1.165, 1.54) is 25.7 Å². The van der Waals surface area contributed by atoms with Crippen molar-refractivity contribution in [3.63, 3.8) is 0 Å². The Morgan fingerprint density at radius 1 is 0.964 bits per heavy atom. The number of rotatable bonds is 2. The molecule has 1 saturated heterocycles. The molecule has 3 aromatic rings. The van der Waals surface area contributed by atoms with Crippen LogP contribution in [0.15, 0.2) is 49.1 Å². The van der Waals surface area contributed by atoms with E-state index in [2.05, 4.69) is 9.97 Å². The van der Waals surface area contributed by atoms with Crippen LogP contribution in [-0.4, -0.2) is 38.8 Å². The average Bonchev–Trinajstić information content (AvgIpc) is 2.78. The molecule has 1 amide bonds. The van der Waals surface area contributed by atoms with Gasteiger partial charge in [0.1, 0.15) is 5.69 Å². The summed E-state index contributed by atoms with van der Waals surface area (Å²) in [6, 6.07) is 7.73. The van der Waals surface area contributed by atoms with Crippen LogP contribution in [0, 0.1) is 11.8 Å². The second-order valence-corrected chi connectivity index (χ2v) is 8.03. The first kappa shape index (κ1) is 17.3. The van der Waals surface area contributed by atoms with Crippen molar-refractivity contribution < 1.29 is 4.79 Å². The predicted octanol–water partition coefficient (Wildman–Crippen LogP) is 4.34. The van der Waals surface area contributed by atoms with Crippen molar-refractivity contribution in [3.05, 3.63) is 54.7 Å². The molecular formula is C23H24N4O. The van der Waals surface area contributed by atoms with Gasteiger partial charge in [-0.3, -0.25) is 14.8 Å². The summed E-state index contributed by atoms with van der Waals surface area (Å²) in [7, 11) is 0. The zero-order valence-electron chi connectivity index (χ0n) is 15.9. The van der Waals surface area contributed by atoms with Crippen LogP contribution in [-0.2, 0) is 0 Å². The number of hydrogen-bond acceptors (Lipinski definition) is 4. The minimum Gasteiger partial charge on any atom is -0.337 e. The van der Waals surface area contributed by atoms with E-state index in [1.54, 1.807) is 18.6 Å². The van der Waals surface area contributed by atoms with Crippen LogP contribution in [0.3, 0.4) is 0 Å². The van der Waals surface area contributed by atoms with E-state index in [0.29, 0.717) is 11.6 Å². The number of piperidine rings is 1. The average molecular weight is 372 g/mol. The topological polar surface area (TPSA) is 59.0 Å². The monoisotopic (exact) mass is 372 g/mol. The van der Waals surface area contributed by atoms with Crippen LogP contribution in [0.25, 0.3) is 22.0 Å². The molecule has 0 bridgehead atoms. The first-order valence-electron chi connectivity index (χ1n) is 10.2. The third-order valence-corrected chi connectivity index (χ3v) is 6.40. The van der Waals surface area contributed by atoms with Gasteiger partial charge in [-0.2, -0.15) is 0 Å². The Hall–Kier alpha value is -2.82. The first-order chi connectivity index (χ1) is 13.8. The summed E-state index contributed by atoms with van der Waals surface area (Å²) in [4.78, 5) is 28.4. The molecule has 2 unspecified atom stereocenters. The molecule has 3 aromatic heterocycles. The third kappa shape index (κ3) is 3.15. The van der Waals surface area contributed by atoms with Gasteiger partial charge >= 0.3 is 0 Å². The third-order valence-electron chi connectivity index (χ3n) is 6.40. The van der Waals surface area contributed by atoms with E-state index in [-0.39, 0.29) is 5.91 Å². The van der Waals surface area contributed by atoms with Crippen LogP contribution >= 0.6 is 0 Å². The zero-order valence-corrected chi connectivity index (χ0v) is 15.9. The Bertz CT molecular complexity index is 1000. The fourth-order valence-corrected chi connectivity index (χ4v) is 4.90. The maximum absolute atomic E-state index is 13.3. The summed E-state index contributed by atoms with van der Waals surface area (Å²) in [5, 5.41) is 0.955. The van der Waals surface area contributed by atoms with E-state index >= 15 is 0 Å². The Morgan fingerprint density at radius 3 is 2.61 bits per heavy atom. The number of aromatic nitrogens is 3. The van der Waals surface area contributed by atoms with E-state index in [0.717, 1.165) is 47.5 Å². The van der Waals surface area contributed by atoms with E-state index in [1.807, 2.05) is 35.4 Å². The van der Waals surface area contributed by atoms with Gasteiger partial charge in [-0.1, -0.05) is 19.3 Å². The zero-order chi connectivity index (χ0) is 18.9. The van der Waals surface area contributed by atoms with Gasteiger partial charge in [-0.05, 0) is 60.1 Å². The van der Waals surface area contributed by atoms with Crippen molar-refractivity contribution in [3.8, 4) is 11.1 Å². The standard InChI is InChI=1S/C23H24N4O/c28-23(27-12-8-16-3-1-2-4-18(16)15-27)22-13-19(17-5-9-24-10-6-17)20-14-25-11-7-21(20)26-22/h5-7,9-11,13-14,16,18H,1-4,8,12,15H2. The largest absolute Gasteiger partial charge is 0.337 e. The van der Waals surface area contributed by atoms with Crippen LogP contribution in [0.2, 0.25) is 0 Å². The molecule has 1 saturated carbocycles. The fraction of sp³-hybridized carbons (Fsp3) is 0.391. The molecule has 4 heterocycles. The van der Waals surface area contributed by atoms with Crippen molar-refractivity contribution in [2.24, 2.45) is 11.8 Å². The minimum atomic E-state index is 0.0537. The lowest BCUT2D eigenvalue weighted by molar-refractivity contribution is 0.0516. The predicted molar refractivity (Wildman–Crippen MR) is 109 cm³/mol. The van der Waals surface area contributed by atoms with Crippen LogP contribution in [0.4, 0.5) is 0 Å². The van der Waals surface area contributed by atoms with Crippen molar-refractivity contribution >= 4 is 16.8 Å². The molecule has 2 aliphatic rings. The number of nitrogens with zero attached hydrogens (tertiary/aromatic N) is 4. The molecule has 0 radical (unpaired) electrons. The van der Waals surface area contributed by atoms with Crippen molar-refractivity contribution in [2.75, 3.05) is 13.1 Å². The molecule has 0 N–H and O–H groups in total. The number of amides is 1. The molecule has 142 valence electrons. The molecular weight excluding hydrogens is 348 g/mol. The number of carbonyl (C=O) groups is 1. The number of likely N-dealkylation sites (tertiary alicyclic amines) is 1. The van der Waals surface area contributed by atoms with Crippen LogP contribution in [0.1, 0.15) is 42.6 Å². The maximum Gasteiger partial charge on any atom is 0.272 e. The Kier molecular flexibility index (Phi) is 4.51. The Balaban J connectivity index is 1.51. The summed E-state index contributed by atoms with van der Waals surface area (Å²) >= 11 is 0. The lowest BCUT2D eigenvalue weighted by atomic mass is 9.75. The van der Waals surface area contributed by atoms with Gasteiger partial charge in [0, 0.05) is 43.3 Å². The summed E-state index contributed by atoms with van der Waals surface area (Å²) in [5.74, 6) is 1.52. The van der Waals surface area contributed by atoms with Gasteiger partial charge in [0.15, 0.2) is 0 Å². The van der Waals surface area contributed by atoms with Gasteiger partial charge in [-0.15, -0.1) is 0 Å². The highest BCUT2D eigenvalue weighted by Gasteiger charge is 2.33. The quantitative estimate of drug-likeness (QED) is 0.671. The molecule has 5 rings (SSSR count). The Labute approximate surface area is 164 Å². The smallest absolute Gasteiger partial charge is 0.272 e. The number of hydrogen-bond donors (Lipinski definition) is 0. The highest BCUT2D eigenvalue weighted by atomic mass is 16.2. The Morgan fingerprint density at radius 2 is 1.75 bits per heavy atom. The molecule has 2 fully saturated rings. The summed E-state index contributed by atoms with van der Waals surface area (Å²) < 4.78 is 0. The van der Waals surface area contributed by atoms with Gasteiger partial charge in [-0.25, -0.2) is 4.98 Å². The van der Waals surface area contributed by atoms with E-state index < -0.39 is 0 Å². The molecule has 28 heavy (non-hydrogen) atoms. The lowest BCUT2D eigenvalue weighted by Crippen LogP contribution is -2.45. The molecule has 2 atom stereocenters. The number of carbonyl (C=O) groups excluding carboxylic acids is 1. The van der Waals surface area contributed by atoms with Crippen molar-refractivity contribution in [2.45, 2.75) is 32.1 Å². The lowest BCUT2D eigenvalue weighted by Gasteiger charge is -2.41. The second-order valence-electron chi connectivity index (χ2n) is 8.03. The highest BCUT2D eigenvalue weighted by Crippen LogP contribution is 2.36. The summed E-state index contributed by atoms with van der Waals surface area (Å²) in [6.07, 6.45) is 13.5. The van der Waals surface area contributed by atoms with E-state index in [9.17, 15) is 4.79 Å². The summed E-state index contributed by atoms with van der Waals surface area (Å²) in [6.45, 7) is 1.73. The molecule has 5 heteroatoms. The second kappa shape index (κ2) is 7.30. The van der Waals surface area contributed by atoms with Gasteiger partial charge in [0.2, 0.25) is 0 Å². The molecule has 0 aromatic carbocycles. The molecule has 1 aliphatic carbocycles. The van der Waals surface area contributed by atoms with E-state index in [4.69, 9.17) is 4.98 Å². The first-order valence-corrected chi connectivity index (χ1v) is 10.2. The molecule has 0 spiro atoms. The SMILES string of the molecule is O=C(c1cc(-c2ccncc2)c2cnccc2n1)N1CCC2CCCCC2C1. The van der Waals surface area contributed by atoms with Crippen molar-refractivity contribution in [1.82, 2.24) is 19.9 Å². The number of fused-ring (bicyclic) bond motifs is 2. The highest BCUT2D eigenvalue weighted by molar-refractivity contribution is 6.01. The fourth-order valence-electron chi connectivity index (χ4n) is 4.90. The van der Waals surface area contributed by atoms with Crippen LogP contribution in [0.5, 0.6) is 0 Å². The maximum atomic E-state index is 13.3. The summed E-state index contributed by atoms with van der Waals surface area (Å²) in [5.41, 5.74) is 3.34. The molecule has 5 nitrogen and oxygen atoms in total. The minimum absolute atomic E-state index is 0.0537. The van der Waals surface area contributed by atoms with Crippen LogP contribution < -0.4 is 0 Å². The molecule has 1 aliphatic heterocycles. The van der Waals surface area contributed by atoms with Crippen molar-refractivity contribution in [1.29, 1.82) is 0 Å². The van der Waals surface area contributed by atoms with Gasteiger partial charge in [0.25, 0.3) is 5.91 Å². The van der Waals surface area contributed by atoms with Gasteiger partial charge < -0.3 is 4.90 Å². The van der Waals surface area contributed by atoms with Gasteiger partial charge in [0.05, 0.1) is 5.52 Å².